The first-order valence-electron chi connectivity index (χ1n) is 5.40. The molecule has 1 aromatic heterocycles. The molecule has 1 rings (SSSR count). The highest BCUT2D eigenvalue weighted by atomic mass is 35.5. The Balaban J connectivity index is 2.47. The Morgan fingerprint density at radius 3 is 2.68 bits per heavy atom. The van der Waals surface area contributed by atoms with Crippen molar-refractivity contribution in [3.63, 3.8) is 0 Å². The van der Waals surface area contributed by atoms with E-state index in [9.17, 15) is 23.3 Å². The van der Waals surface area contributed by atoms with Gasteiger partial charge in [0.05, 0.1) is 9.95 Å². The van der Waals surface area contributed by atoms with Crippen LogP contribution in [0.5, 0.6) is 0 Å². The molecule has 1 heterocycles. The smallest absolute Gasteiger partial charge is 0.364 e. The lowest BCUT2D eigenvalue weighted by Crippen LogP contribution is -2.10. The highest BCUT2D eigenvalue weighted by Crippen LogP contribution is 2.25. The Kier molecular flexibility index (Phi) is 5.34. The van der Waals surface area contributed by atoms with Gasteiger partial charge in [-0.3, -0.25) is 10.1 Å². The number of pyridine rings is 1. The maximum Gasteiger partial charge on any atom is 0.389 e. The molecule has 0 aliphatic rings. The Labute approximate surface area is 111 Å². The van der Waals surface area contributed by atoms with Crippen molar-refractivity contribution in [2.75, 3.05) is 11.9 Å². The van der Waals surface area contributed by atoms with E-state index < -0.39 is 17.5 Å². The van der Waals surface area contributed by atoms with E-state index >= 15 is 0 Å². The molecule has 0 spiro atoms. The van der Waals surface area contributed by atoms with Gasteiger partial charge in [-0.1, -0.05) is 11.6 Å². The predicted octanol–water partition coefficient (Wildman–Crippen LogP) is 3.79. The molecule has 0 radical (unpaired) electrons. The zero-order valence-corrected chi connectivity index (χ0v) is 10.5. The maximum absolute atomic E-state index is 11.9. The van der Waals surface area contributed by atoms with Crippen LogP contribution in [0.3, 0.4) is 0 Å². The molecule has 0 saturated heterocycles. The number of nitro groups is 1. The molecule has 0 bridgehead atoms. The number of nitrogens with zero attached hydrogens (tertiary/aromatic N) is 2. The summed E-state index contributed by atoms with van der Waals surface area (Å²) >= 11 is 5.58. The summed E-state index contributed by atoms with van der Waals surface area (Å²) in [6.45, 7) is 0.172. The third-order valence-electron chi connectivity index (χ3n) is 2.21. The van der Waals surface area contributed by atoms with Gasteiger partial charge in [0.2, 0.25) is 5.82 Å². The van der Waals surface area contributed by atoms with E-state index in [0.29, 0.717) is 0 Å². The van der Waals surface area contributed by atoms with Gasteiger partial charge in [-0.25, -0.2) is 4.98 Å². The average Bonchev–Trinajstić information content (AvgIpc) is 2.28. The van der Waals surface area contributed by atoms with Crippen molar-refractivity contribution in [3.05, 3.63) is 27.4 Å². The normalized spacial score (nSPS) is 11.4. The van der Waals surface area contributed by atoms with E-state index in [1.807, 2.05) is 0 Å². The zero-order valence-electron chi connectivity index (χ0n) is 9.71. The highest BCUT2D eigenvalue weighted by molar-refractivity contribution is 6.30. The van der Waals surface area contributed by atoms with Crippen LogP contribution in [0, 0.1) is 10.1 Å². The summed E-state index contributed by atoms with van der Waals surface area (Å²) in [5.74, 6) is 0.00130. The van der Waals surface area contributed by atoms with Crippen LogP contribution in [0.25, 0.3) is 0 Å². The van der Waals surface area contributed by atoms with E-state index in [0.717, 1.165) is 6.07 Å². The average molecular weight is 298 g/mol. The molecule has 0 atom stereocenters. The minimum absolute atomic E-state index is 0.00130. The molecule has 0 aliphatic heterocycles. The van der Waals surface area contributed by atoms with Gasteiger partial charge in [0, 0.05) is 25.2 Å². The minimum Gasteiger partial charge on any atom is -0.364 e. The Hall–Kier alpha value is -1.57. The van der Waals surface area contributed by atoms with E-state index in [4.69, 9.17) is 11.6 Å². The van der Waals surface area contributed by atoms with Crippen LogP contribution in [0.4, 0.5) is 24.7 Å². The molecule has 0 aromatic carbocycles. The second-order valence-electron chi connectivity index (χ2n) is 3.78. The first-order valence-corrected chi connectivity index (χ1v) is 5.78. The number of unbranched alkanes of at least 4 members (excludes halogenated alkanes) is 1. The van der Waals surface area contributed by atoms with E-state index in [1.54, 1.807) is 0 Å². The molecular weight excluding hydrogens is 287 g/mol. The molecule has 0 aliphatic carbocycles. The van der Waals surface area contributed by atoms with E-state index in [1.165, 1.54) is 6.20 Å². The van der Waals surface area contributed by atoms with Gasteiger partial charge in [0.15, 0.2) is 0 Å². The largest absolute Gasteiger partial charge is 0.389 e. The molecule has 9 heteroatoms. The number of alkyl halides is 3. The van der Waals surface area contributed by atoms with E-state index in [2.05, 4.69) is 10.3 Å². The minimum atomic E-state index is -4.18. The summed E-state index contributed by atoms with van der Waals surface area (Å²) < 4.78 is 35.7. The monoisotopic (exact) mass is 297 g/mol. The first-order chi connectivity index (χ1) is 8.79. The number of halogens is 4. The van der Waals surface area contributed by atoms with Crippen LogP contribution < -0.4 is 5.32 Å². The number of nitrogens with one attached hydrogen (secondary N) is 1. The van der Waals surface area contributed by atoms with Gasteiger partial charge in [0.25, 0.3) is 0 Å². The van der Waals surface area contributed by atoms with Gasteiger partial charge in [-0.15, -0.1) is 0 Å². The molecule has 1 N–H and O–H groups in total. The number of anilines is 1. The van der Waals surface area contributed by atoms with Crippen LogP contribution in [0.15, 0.2) is 12.3 Å². The van der Waals surface area contributed by atoms with Gasteiger partial charge < -0.3 is 5.32 Å². The third-order valence-corrected chi connectivity index (χ3v) is 2.42. The van der Waals surface area contributed by atoms with E-state index in [-0.39, 0.29) is 35.9 Å². The summed E-state index contributed by atoms with van der Waals surface area (Å²) in [5, 5.41) is 13.5. The van der Waals surface area contributed by atoms with Crippen LogP contribution >= 0.6 is 11.6 Å². The summed E-state index contributed by atoms with van der Waals surface area (Å²) in [6, 6.07) is 1.13. The maximum atomic E-state index is 11.9. The molecule has 5 nitrogen and oxygen atoms in total. The summed E-state index contributed by atoms with van der Waals surface area (Å²) in [5.41, 5.74) is -0.302. The zero-order chi connectivity index (χ0) is 14.5. The second-order valence-corrected chi connectivity index (χ2v) is 4.21. The van der Waals surface area contributed by atoms with Crippen molar-refractivity contribution in [2.45, 2.75) is 25.4 Å². The third kappa shape index (κ3) is 5.73. The number of hydrogen-bond acceptors (Lipinski definition) is 4. The molecule has 106 valence electrons. The van der Waals surface area contributed by atoms with Crippen molar-refractivity contribution in [3.8, 4) is 0 Å². The Morgan fingerprint density at radius 1 is 1.42 bits per heavy atom. The lowest BCUT2D eigenvalue weighted by Gasteiger charge is -2.07. The number of hydrogen-bond donors (Lipinski definition) is 1. The summed E-state index contributed by atoms with van der Waals surface area (Å²) in [6.07, 6.45) is -3.62. The predicted molar refractivity (Wildman–Crippen MR) is 64.3 cm³/mol. The fourth-order valence-electron chi connectivity index (χ4n) is 1.36. The number of rotatable bonds is 6. The number of aromatic nitrogens is 1. The first kappa shape index (κ1) is 15.5. The standard InChI is InChI=1S/C10H11ClF3N3O2/c11-7-5-8(17(18)19)9(16-6-7)15-4-2-1-3-10(12,13)14/h5-6H,1-4H2,(H,15,16). The van der Waals surface area contributed by atoms with Crippen LogP contribution in [0.2, 0.25) is 5.02 Å². The van der Waals surface area contributed by atoms with Gasteiger partial charge in [0.1, 0.15) is 0 Å². The van der Waals surface area contributed by atoms with Crippen molar-refractivity contribution in [2.24, 2.45) is 0 Å². The highest BCUT2D eigenvalue weighted by Gasteiger charge is 2.25. The molecule has 0 fully saturated rings. The van der Waals surface area contributed by atoms with Crippen molar-refractivity contribution < 1.29 is 18.1 Å². The summed E-state index contributed by atoms with van der Waals surface area (Å²) in [4.78, 5) is 13.8. The fraction of sp³-hybridized carbons (Fsp3) is 0.500. The van der Waals surface area contributed by atoms with Crippen LogP contribution in [0.1, 0.15) is 19.3 Å². The Morgan fingerprint density at radius 2 is 2.11 bits per heavy atom. The van der Waals surface area contributed by atoms with Crippen LogP contribution in [-0.2, 0) is 0 Å². The quantitative estimate of drug-likeness (QED) is 0.493. The fourth-order valence-corrected chi connectivity index (χ4v) is 1.51. The van der Waals surface area contributed by atoms with Gasteiger partial charge >= 0.3 is 11.9 Å². The van der Waals surface area contributed by atoms with Gasteiger partial charge in [-0.05, 0) is 12.8 Å². The lowest BCUT2D eigenvalue weighted by molar-refractivity contribution is -0.384. The molecule has 0 unspecified atom stereocenters. The summed E-state index contributed by atoms with van der Waals surface area (Å²) in [7, 11) is 0. The molecule has 0 amide bonds. The van der Waals surface area contributed by atoms with Crippen molar-refractivity contribution in [1.82, 2.24) is 4.98 Å². The van der Waals surface area contributed by atoms with Crippen molar-refractivity contribution >= 4 is 23.1 Å². The molecule has 0 saturated carbocycles. The lowest BCUT2D eigenvalue weighted by atomic mass is 10.2. The molecule has 19 heavy (non-hydrogen) atoms. The second kappa shape index (κ2) is 6.55. The molecule has 1 aromatic rings. The van der Waals surface area contributed by atoms with Gasteiger partial charge in [-0.2, -0.15) is 13.2 Å². The van der Waals surface area contributed by atoms with Crippen molar-refractivity contribution in [1.29, 1.82) is 0 Å². The SMILES string of the molecule is O=[N+]([O-])c1cc(Cl)cnc1NCCCCC(F)(F)F. The molecular formula is C10H11ClF3N3O2. The Bertz CT molecular complexity index is 454. The van der Waals surface area contributed by atoms with Crippen LogP contribution in [-0.4, -0.2) is 22.6 Å². The topological polar surface area (TPSA) is 68.1 Å².